The van der Waals surface area contributed by atoms with Crippen molar-refractivity contribution in [3.8, 4) is 0 Å². The maximum absolute atomic E-state index is 12.2. The van der Waals surface area contributed by atoms with Gasteiger partial charge in [-0.3, -0.25) is 19.5 Å². The van der Waals surface area contributed by atoms with Gasteiger partial charge in [0.25, 0.3) is 11.5 Å². The lowest BCUT2D eigenvalue weighted by atomic mass is 10.2. The van der Waals surface area contributed by atoms with E-state index in [0.29, 0.717) is 28.4 Å². The summed E-state index contributed by atoms with van der Waals surface area (Å²) in [4.78, 5) is 23.3. The van der Waals surface area contributed by atoms with Crippen LogP contribution in [0.1, 0.15) is 23.0 Å². The molecule has 0 saturated carbocycles. The van der Waals surface area contributed by atoms with E-state index in [1.807, 2.05) is 31.2 Å². The van der Waals surface area contributed by atoms with E-state index in [9.17, 15) is 9.59 Å². The van der Waals surface area contributed by atoms with Gasteiger partial charge in [-0.15, -0.1) is 10.2 Å². The first-order valence-electron chi connectivity index (χ1n) is 7.75. The second kappa shape index (κ2) is 8.15. The van der Waals surface area contributed by atoms with Crippen molar-refractivity contribution in [3.63, 3.8) is 0 Å². The molecule has 0 spiro atoms. The van der Waals surface area contributed by atoms with Crippen LogP contribution in [0, 0.1) is 0 Å². The molecule has 0 radical (unpaired) electrons. The number of aromatic nitrogens is 5. The van der Waals surface area contributed by atoms with Gasteiger partial charge in [0.1, 0.15) is 5.69 Å². The maximum Gasteiger partial charge on any atom is 0.278 e. The quantitative estimate of drug-likeness (QED) is 0.626. The fourth-order valence-electron chi connectivity index (χ4n) is 2.17. The molecule has 0 atom stereocenters. The molecule has 10 heteroatoms. The van der Waals surface area contributed by atoms with E-state index in [1.54, 1.807) is 4.57 Å². The summed E-state index contributed by atoms with van der Waals surface area (Å²) in [5, 5.41) is 18.1. The van der Waals surface area contributed by atoms with Gasteiger partial charge in [-0.05, 0) is 24.6 Å². The van der Waals surface area contributed by atoms with Gasteiger partial charge in [-0.25, -0.2) is 5.10 Å². The van der Waals surface area contributed by atoms with E-state index in [4.69, 9.17) is 11.6 Å². The Morgan fingerprint density at radius 3 is 2.77 bits per heavy atom. The molecule has 3 rings (SSSR count). The Balaban J connectivity index is 1.73. The van der Waals surface area contributed by atoms with Crippen LogP contribution in [0.5, 0.6) is 0 Å². The first-order chi connectivity index (χ1) is 12.6. The first kappa shape index (κ1) is 18.2. The summed E-state index contributed by atoms with van der Waals surface area (Å²) in [6.07, 6.45) is 0. The highest BCUT2D eigenvalue weighted by Crippen LogP contribution is 2.27. The number of carbonyl (C=O) groups is 1. The van der Waals surface area contributed by atoms with Crippen molar-refractivity contribution in [1.82, 2.24) is 25.0 Å². The smallest absolute Gasteiger partial charge is 0.278 e. The van der Waals surface area contributed by atoms with E-state index in [1.165, 1.54) is 23.9 Å². The van der Waals surface area contributed by atoms with Crippen molar-refractivity contribution in [2.75, 3.05) is 5.32 Å². The minimum Gasteiger partial charge on any atom is -0.289 e. The third-order valence-electron chi connectivity index (χ3n) is 3.48. The SMILES string of the molecule is CCn1c(NC(=O)c2ccc(=O)[nH]n2)nnc1SCc1ccccc1Cl. The first-order valence-corrected chi connectivity index (χ1v) is 9.11. The summed E-state index contributed by atoms with van der Waals surface area (Å²) in [7, 11) is 0. The normalized spacial score (nSPS) is 10.7. The Bertz CT molecular complexity index is 966. The minimum atomic E-state index is -0.481. The molecule has 8 nitrogen and oxygen atoms in total. The Labute approximate surface area is 158 Å². The fourth-order valence-corrected chi connectivity index (χ4v) is 3.46. The van der Waals surface area contributed by atoms with Crippen LogP contribution in [0.25, 0.3) is 0 Å². The number of hydrogen-bond donors (Lipinski definition) is 2. The monoisotopic (exact) mass is 390 g/mol. The molecular formula is C16H15ClN6O2S. The lowest BCUT2D eigenvalue weighted by molar-refractivity contribution is 0.102. The van der Waals surface area contributed by atoms with E-state index >= 15 is 0 Å². The van der Waals surface area contributed by atoms with Crippen LogP contribution in [-0.4, -0.2) is 30.9 Å². The van der Waals surface area contributed by atoms with Crippen molar-refractivity contribution >= 4 is 35.2 Å². The molecule has 0 bridgehead atoms. The highest BCUT2D eigenvalue weighted by molar-refractivity contribution is 7.98. The number of aromatic amines is 1. The third kappa shape index (κ3) is 4.12. The molecule has 3 aromatic rings. The predicted octanol–water partition coefficient (Wildman–Crippen LogP) is 2.58. The van der Waals surface area contributed by atoms with E-state index in [0.717, 1.165) is 5.56 Å². The molecule has 0 aliphatic rings. The minimum absolute atomic E-state index is 0.0838. The lowest BCUT2D eigenvalue weighted by Crippen LogP contribution is -2.19. The maximum atomic E-state index is 12.2. The van der Waals surface area contributed by atoms with Gasteiger partial charge in [-0.1, -0.05) is 41.6 Å². The van der Waals surface area contributed by atoms with Crippen LogP contribution < -0.4 is 10.9 Å². The number of nitrogens with one attached hydrogen (secondary N) is 2. The van der Waals surface area contributed by atoms with Crippen molar-refractivity contribution in [1.29, 1.82) is 0 Å². The van der Waals surface area contributed by atoms with Crippen molar-refractivity contribution in [3.05, 3.63) is 63.0 Å². The second-order valence-electron chi connectivity index (χ2n) is 5.19. The molecule has 1 amide bonds. The van der Waals surface area contributed by atoms with Crippen molar-refractivity contribution in [2.45, 2.75) is 24.4 Å². The number of benzene rings is 1. The number of hydrogen-bond acceptors (Lipinski definition) is 6. The molecule has 2 aromatic heterocycles. The van der Waals surface area contributed by atoms with Crippen LogP contribution in [0.15, 0.2) is 46.3 Å². The van der Waals surface area contributed by atoms with Crippen molar-refractivity contribution < 1.29 is 4.79 Å². The van der Waals surface area contributed by atoms with Gasteiger partial charge in [0.2, 0.25) is 5.95 Å². The van der Waals surface area contributed by atoms with Crippen LogP contribution in [-0.2, 0) is 12.3 Å². The van der Waals surface area contributed by atoms with Gasteiger partial charge in [0, 0.05) is 23.4 Å². The number of anilines is 1. The average molecular weight is 391 g/mol. The van der Waals surface area contributed by atoms with Crippen molar-refractivity contribution in [2.24, 2.45) is 0 Å². The van der Waals surface area contributed by atoms with E-state index in [-0.39, 0.29) is 11.3 Å². The number of amides is 1. The van der Waals surface area contributed by atoms with Gasteiger partial charge in [-0.2, -0.15) is 5.10 Å². The van der Waals surface area contributed by atoms with Crippen LogP contribution in [0.4, 0.5) is 5.95 Å². The van der Waals surface area contributed by atoms with Gasteiger partial charge in [0.15, 0.2) is 5.16 Å². The molecular weight excluding hydrogens is 376 g/mol. The zero-order chi connectivity index (χ0) is 18.5. The Morgan fingerprint density at radius 1 is 1.27 bits per heavy atom. The van der Waals surface area contributed by atoms with Crippen LogP contribution in [0.2, 0.25) is 5.02 Å². The molecule has 0 unspecified atom stereocenters. The third-order valence-corrected chi connectivity index (χ3v) is 4.87. The number of halogens is 1. The van der Waals surface area contributed by atoms with Gasteiger partial charge in [0.05, 0.1) is 0 Å². The summed E-state index contributed by atoms with van der Waals surface area (Å²) >= 11 is 7.65. The number of nitrogens with zero attached hydrogens (tertiary/aromatic N) is 4. The zero-order valence-corrected chi connectivity index (χ0v) is 15.3. The largest absolute Gasteiger partial charge is 0.289 e. The highest BCUT2D eigenvalue weighted by atomic mass is 35.5. The Morgan fingerprint density at radius 2 is 2.08 bits per heavy atom. The average Bonchev–Trinajstić information content (AvgIpc) is 3.03. The zero-order valence-electron chi connectivity index (χ0n) is 13.8. The molecule has 26 heavy (non-hydrogen) atoms. The highest BCUT2D eigenvalue weighted by Gasteiger charge is 2.16. The van der Waals surface area contributed by atoms with Crippen LogP contribution in [0.3, 0.4) is 0 Å². The molecule has 2 N–H and O–H groups in total. The standard InChI is InChI=1S/C16H15ClN6O2S/c1-2-23-15(18-14(25)12-7-8-13(24)20-19-12)21-22-16(23)26-9-10-5-3-4-6-11(10)17/h3-8H,2,9H2,1H3,(H,20,24)(H,18,21,25). The summed E-state index contributed by atoms with van der Waals surface area (Å²) in [5.74, 6) is 0.464. The molecule has 0 aliphatic heterocycles. The van der Waals surface area contributed by atoms with Gasteiger partial charge >= 0.3 is 0 Å². The number of H-pyrrole nitrogens is 1. The number of thioether (sulfide) groups is 1. The number of rotatable bonds is 6. The summed E-state index contributed by atoms with van der Waals surface area (Å²) in [6, 6.07) is 10.2. The second-order valence-corrected chi connectivity index (χ2v) is 6.54. The molecule has 0 fully saturated rings. The molecule has 134 valence electrons. The van der Waals surface area contributed by atoms with Crippen LogP contribution >= 0.6 is 23.4 Å². The Kier molecular flexibility index (Phi) is 5.69. The molecule has 0 aliphatic carbocycles. The number of carbonyl (C=O) groups excluding carboxylic acids is 1. The van der Waals surface area contributed by atoms with E-state index < -0.39 is 5.91 Å². The predicted molar refractivity (Wildman–Crippen MR) is 99.5 cm³/mol. The van der Waals surface area contributed by atoms with Gasteiger partial charge < -0.3 is 0 Å². The summed E-state index contributed by atoms with van der Waals surface area (Å²) in [6.45, 7) is 2.50. The van der Waals surface area contributed by atoms with E-state index in [2.05, 4.69) is 25.7 Å². The molecule has 0 saturated heterocycles. The Hall–Kier alpha value is -2.65. The summed E-state index contributed by atoms with van der Waals surface area (Å²) in [5.41, 5.74) is 0.699. The fraction of sp³-hybridized carbons (Fsp3) is 0.188. The topological polar surface area (TPSA) is 106 Å². The molecule has 2 heterocycles. The lowest BCUT2D eigenvalue weighted by Gasteiger charge is -2.08. The molecule has 1 aromatic carbocycles. The summed E-state index contributed by atoms with van der Waals surface area (Å²) < 4.78 is 1.78.